The first kappa shape index (κ1) is 14.5. The Morgan fingerprint density at radius 2 is 2.14 bits per heavy atom. The third-order valence-electron chi connectivity index (χ3n) is 5.00. The second-order valence-electron chi connectivity index (χ2n) is 6.79. The number of rotatable bonds is 3. The third kappa shape index (κ3) is 2.57. The van der Waals surface area contributed by atoms with Crippen molar-refractivity contribution < 1.29 is 4.79 Å². The van der Waals surface area contributed by atoms with Gasteiger partial charge in [0.25, 0.3) is 0 Å². The molecule has 0 aromatic carbocycles. The van der Waals surface area contributed by atoms with Crippen LogP contribution in [0.1, 0.15) is 38.9 Å². The number of hydrogen-bond acceptors (Lipinski definition) is 4. The highest BCUT2D eigenvalue weighted by atomic mass is 16.2. The van der Waals surface area contributed by atoms with Crippen LogP contribution in [0.2, 0.25) is 0 Å². The van der Waals surface area contributed by atoms with E-state index in [0.717, 1.165) is 51.3 Å². The molecular formula is C15H25N5O. The maximum Gasteiger partial charge on any atom is 0.230 e. The molecule has 0 radical (unpaired) electrons. The number of likely N-dealkylation sites (tertiary alicyclic amines) is 2. The molecule has 1 aromatic rings. The highest BCUT2D eigenvalue weighted by Gasteiger charge is 2.48. The van der Waals surface area contributed by atoms with Crippen LogP contribution in [0.15, 0.2) is 6.33 Å². The largest absolute Gasteiger partial charge is 0.340 e. The first-order valence-corrected chi connectivity index (χ1v) is 7.88. The van der Waals surface area contributed by atoms with E-state index < -0.39 is 0 Å². The standard InChI is InChI=1S/C15H25N5O/c1-12(2)20-7-4-5-15(14(20)21)6-8-19(10-15)9-13-17-16-11-18(13)3/h11-12H,4-10H2,1-3H3/t15-/m1/s1. The smallest absolute Gasteiger partial charge is 0.230 e. The molecule has 0 aliphatic carbocycles. The molecule has 1 atom stereocenters. The molecule has 6 heteroatoms. The Morgan fingerprint density at radius 3 is 2.81 bits per heavy atom. The molecule has 0 N–H and O–H groups in total. The monoisotopic (exact) mass is 291 g/mol. The Kier molecular flexibility index (Phi) is 3.73. The van der Waals surface area contributed by atoms with Gasteiger partial charge in [0.15, 0.2) is 0 Å². The summed E-state index contributed by atoms with van der Waals surface area (Å²) in [6.07, 6.45) is 4.87. The van der Waals surface area contributed by atoms with E-state index in [9.17, 15) is 4.79 Å². The second-order valence-corrected chi connectivity index (χ2v) is 6.79. The van der Waals surface area contributed by atoms with Gasteiger partial charge in [0.2, 0.25) is 5.91 Å². The van der Waals surface area contributed by atoms with Gasteiger partial charge in [0.05, 0.1) is 12.0 Å². The van der Waals surface area contributed by atoms with Crippen LogP contribution in [-0.4, -0.2) is 56.1 Å². The van der Waals surface area contributed by atoms with E-state index in [4.69, 9.17) is 0 Å². The van der Waals surface area contributed by atoms with Crippen molar-refractivity contribution >= 4 is 5.91 Å². The molecular weight excluding hydrogens is 266 g/mol. The molecule has 1 amide bonds. The summed E-state index contributed by atoms with van der Waals surface area (Å²) in [7, 11) is 1.97. The van der Waals surface area contributed by atoms with Crippen molar-refractivity contribution in [3.05, 3.63) is 12.2 Å². The molecule has 116 valence electrons. The molecule has 2 aliphatic heterocycles. The lowest BCUT2D eigenvalue weighted by Gasteiger charge is -2.41. The van der Waals surface area contributed by atoms with Gasteiger partial charge in [-0.25, -0.2) is 0 Å². The Bertz CT molecular complexity index is 526. The number of carbonyl (C=O) groups excluding carboxylic acids is 1. The average molecular weight is 291 g/mol. The maximum atomic E-state index is 12.9. The highest BCUT2D eigenvalue weighted by Crippen LogP contribution is 2.40. The minimum Gasteiger partial charge on any atom is -0.340 e. The van der Waals surface area contributed by atoms with Crippen LogP contribution in [0.3, 0.4) is 0 Å². The summed E-state index contributed by atoms with van der Waals surface area (Å²) < 4.78 is 1.95. The number of aromatic nitrogens is 3. The minimum absolute atomic E-state index is 0.152. The maximum absolute atomic E-state index is 12.9. The quantitative estimate of drug-likeness (QED) is 0.835. The van der Waals surface area contributed by atoms with Gasteiger partial charge in [-0.15, -0.1) is 10.2 Å². The summed E-state index contributed by atoms with van der Waals surface area (Å²) in [6, 6.07) is 0.308. The fourth-order valence-corrected chi connectivity index (χ4v) is 3.72. The predicted molar refractivity (Wildman–Crippen MR) is 79.4 cm³/mol. The number of piperidine rings is 1. The molecule has 2 fully saturated rings. The Labute approximate surface area is 126 Å². The zero-order chi connectivity index (χ0) is 15.0. The van der Waals surface area contributed by atoms with Gasteiger partial charge < -0.3 is 9.47 Å². The summed E-state index contributed by atoms with van der Waals surface area (Å²) in [4.78, 5) is 17.3. The summed E-state index contributed by atoms with van der Waals surface area (Å²) in [5.41, 5.74) is -0.152. The number of aryl methyl sites for hydroxylation is 1. The zero-order valence-corrected chi connectivity index (χ0v) is 13.2. The van der Waals surface area contributed by atoms with Crippen LogP contribution in [0.4, 0.5) is 0 Å². The highest BCUT2D eigenvalue weighted by molar-refractivity contribution is 5.84. The van der Waals surface area contributed by atoms with Crippen LogP contribution >= 0.6 is 0 Å². The average Bonchev–Trinajstić information content (AvgIpc) is 3.02. The Morgan fingerprint density at radius 1 is 1.33 bits per heavy atom. The van der Waals surface area contributed by atoms with Gasteiger partial charge in [-0.3, -0.25) is 9.69 Å². The fourth-order valence-electron chi connectivity index (χ4n) is 3.72. The van der Waals surface area contributed by atoms with Gasteiger partial charge in [-0.05, 0) is 39.7 Å². The first-order chi connectivity index (χ1) is 10.0. The Balaban J connectivity index is 1.70. The minimum atomic E-state index is -0.152. The molecule has 21 heavy (non-hydrogen) atoms. The molecule has 1 spiro atoms. The first-order valence-electron chi connectivity index (χ1n) is 7.88. The van der Waals surface area contributed by atoms with Crippen molar-refractivity contribution in [3.63, 3.8) is 0 Å². The van der Waals surface area contributed by atoms with E-state index in [1.807, 2.05) is 11.6 Å². The molecule has 3 rings (SSSR count). The molecule has 0 saturated carbocycles. The van der Waals surface area contributed by atoms with Crippen molar-refractivity contribution in [2.75, 3.05) is 19.6 Å². The molecule has 1 aromatic heterocycles. The number of hydrogen-bond donors (Lipinski definition) is 0. The summed E-state index contributed by atoms with van der Waals surface area (Å²) in [6.45, 7) is 7.77. The lowest BCUT2D eigenvalue weighted by Crippen LogP contribution is -2.52. The van der Waals surface area contributed by atoms with Crippen molar-refractivity contribution in [2.24, 2.45) is 12.5 Å². The fraction of sp³-hybridized carbons (Fsp3) is 0.800. The van der Waals surface area contributed by atoms with Gasteiger partial charge in [-0.1, -0.05) is 0 Å². The van der Waals surface area contributed by atoms with Crippen molar-refractivity contribution in [1.82, 2.24) is 24.6 Å². The zero-order valence-electron chi connectivity index (χ0n) is 13.2. The number of amides is 1. The van der Waals surface area contributed by atoms with Gasteiger partial charge >= 0.3 is 0 Å². The molecule has 2 aliphatic rings. The topological polar surface area (TPSA) is 54.3 Å². The van der Waals surface area contributed by atoms with Crippen LogP contribution in [0.5, 0.6) is 0 Å². The van der Waals surface area contributed by atoms with Crippen LogP contribution in [0, 0.1) is 5.41 Å². The Hall–Kier alpha value is -1.43. The molecule has 6 nitrogen and oxygen atoms in total. The molecule has 0 bridgehead atoms. The van der Waals surface area contributed by atoms with Crippen LogP contribution in [-0.2, 0) is 18.4 Å². The van der Waals surface area contributed by atoms with Crippen molar-refractivity contribution in [1.29, 1.82) is 0 Å². The van der Waals surface area contributed by atoms with Crippen LogP contribution in [0.25, 0.3) is 0 Å². The summed E-state index contributed by atoms with van der Waals surface area (Å²) >= 11 is 0. The van der Waals surface area contributed by atoms with Crippen LogP contribution < -0.4 is 0 Å². The third-order valence-corrected chi connectivity index (χ3v) is 5.00. The SMILES string of the molecule is CC(C)N1CCC[C@]2(CCN(Cc3nncn3C)C2)C1=O. The van der Waals surface area contributed by atoms with E-state index in [2.05, 4.69) is 33.8 Å². The van der Waals surface area contributed by atoms with E-state index in [1.54, 1.807) is 6.33 Å². The van der Waals surface area contributed by atoms with Gasteiger partial charge in [0, 0.05) is 26.2 Å². The van der Waals surface area contributed by atoms with E-state index >= 15 is 0 Å². The summed E-state index contributed by atoms with van der Waals surface area (Å²) in [5.74, 6) is 1.33. The summed E-state index contributed by atoms with van der Waals surface area (Å²) in [5, 5.41) is 8.08. The number of carbonyl (C=O) groups is 1. The lowest BCUT2D eigenvalue weighted by atomic mass is 9.78. The molecule has 3 heterocycles. The number of nitrogens with zero attached hydrogens (tertiary/aromatic N) is 5. The van der Waals surface area contributed by atoms with E-state index in [-0.39, 0.29) is 5.41 Å². The van der Waals surface area contributed by atoms with Gasteiger partial charge in [-0.2, -0.15) is 0 Å². The lowest BCUT2D eigenvalue weighted by molar-refractivity contribution is -0.147. The van der Waals surface area contributed by atoms with E-state index in [0.29, 0.717) is 11.9 Å². The normalized spacial score (nSPS) is 27.2. The predicted octanol–water partition coefficient (Wildman–Crippen LogP) is 1.04. The molecule has 2 saturated heterocycles. The molecule has 0 unspecified atom stereocenters. The van der Waals surface area contributed by atoms with Crippen molar-refractivity contribution in [2.45, 2.75) is 45.7 Å². The van der Waals surface area contributed by atoms with Gasteiger partial charge in [0.1, 0.15) is 12.2 Å². The second kappa shape index (κ2) is 5.40. The van der Waals surface area contributed by atoms with E-state index in [1.165, 1.54) is 0 Å². The van der Waals surface area contributed by atoms with Crippen molar-refractivity contribution in [3.8, 4) is 0 Å².